The summed E-state index contributed by atoms with van der Waals surface area (Å²) in [6.07, 6.45) is 1.45. The number of hydrogen-bond donors (Lipinski definition) is 2. The molecule has 1 aliphatic carbocycles. The second-order valence-electron chi connectivity index (χ2n) is 5.37. The molecule has 0 bridgehead atoms. The number of benzene rings is 1. The minimum Gasteiger partial charge on any atom is -0.392 e. The van der Waals surface area contributed by atoms with Crippen LogP contribution in [0.25, 0.3) is 0 Å². The molecule has 1 aromatic rings. The number of nitrogens with one attached hydrogen (secondary N) is 1. The minimum atomic E-state index is -0.680. The lowest BCUT2D eigenvalue weighted by Crippen LogP contribution is -2.53. The van der Waals surface area contributed by atoms with Crippen molar-refractivity contribution in [3.05, 3.63) is 28.8 Å². The number of hydrogen-bond acceptors (Lipinski definition) is 2. The molecule has 102 valence electrons. The number of carbonyl (C=O) groups excluding carboxylic acids is 1. The van der Waals surface area contributed by atoms with E-state index in [4.69, 9.17) is 29.6 Å². The van der Waals surface area contributed by atoms with Crippen molar-refractivity contribution < 1.29 is 4.79 Å². The van der Waals surface area contributed by atoms with Crippen molar-refractivity contribution >= 4 is 40.4 Å². The molecule has 2 rings (SSSR count). The molecule has 0 heterocycles. The molecular weight excluding hydrogens is 280 g/mol. The molecule has 3 nitrogen and oxygen atoms in total. The molecule has 19 heavy (non-hydrogen) atoms. The minimum absolute atomic E-state index is 0.108. The summed E-state index contributed by atoms with van der Waals surface area (Å²) in [5.41, 5.74) is 6.76. The Morgan fingerprint density at radius 1 is 1.53 bits per heavy atom. The van der Waals surface area contributed by atoms with Crippen LogP contribution in [0.15, 0.2) is 18.2 Å². The van der Waals surface area contributed by atoms with E-state index in [0.717, 1.165) is 24.1 Å². The van der Waals surface area contributed by atoms with Crippen LogP contribution < -0.4 is 11.1 Å². The number of amides is 1. The molecule has 0 unspecified atom stereocenters. The monoisotopic (exact) mass is 296 g/mol. The summed E-state index contributed by atoms with van der Waals surface area (Å²) in [6.45, 7) is 4.00. The first-order valence-corrected chi connectivity index (χ1v) is 7.01. The van der Waals surface area contributed by atoms with Crippen molar-refractivity contribution in [1.82, 2.24) is 0 Å². The fourth-order valence-electron chi connectivity index (χ4n) is 2.64. The third-order valence-corrected chi connectivity index (χ3v) is 4.36. The van der Waals surface area contributed by atoms with Crippen LogP contribution in [0.2, 0.25) is 5.02 Å². The summed E-state index contributed by atoms with van der Waals surface area (Å²) < 4.78 is 0. The molecule has 1 aromatic carbocycles. The zero-order chi connectivity index (χ0) is 14.2. The average molecular weight is 297 g/mol. The van der Waals surface area contributed by atoms with Gasteiger partial charge in [0.2, 0.25) is 5.91 Å². The average Bonchev–Trinajstić information content (AvgIpc) is 2.27. The molecule has 0 radical (unpaired) electrons. The van der Waals surface area contributed by atoms with E-state index in [1.807, 2.05) is 13.0 Å². The highest BCUT2D eigenvalue weighted by Crippen LogP contribution is 2.46. The second kappa shape index (κ2) is 5.10. The van der Waals surface area contributed by atoms with Crippen LogP contribution in [0.4, 0.5) is 5.69 Å². The Labute approximate surface area is 123 Å². The van der Waals surface area contributed by atoms with Gasteiger partial charge >= 0.3 is 0 Å². The molecule has 1 aliphatic rings. The van der Waals surface area contributed by atoms with Crippen LogP contribution in [-0.2, 0) is 4.79 Å². The Hall–Kier alpha value is -1.13. The quantitative estimate of drug-likeness (QED) is 0.842. The summed E-state index contributed by atoms with van der Waals surface area (Å²) in [5.74, 6) is 0.377. The summed E-state index contributed by atoms with van der Waals surface area (Å²) in [6, 6.07) is 5.36. The van der Waals surface area contributed by atoms with Crippen molar-refractivity contribution in [2.75, 3.05) is 5.32 Å². The van der Waals surface area contributed by atoms with E-state index in [2.05, 4.69) is 12.2 Å². The summed E-state index contributed by atoms with van der Waals surface area (Å²) in [7, 11) is 0. The van der Waals surface area contributed by atoms with Gasteiger partial charge in [0.1, 0.15) is 0 Å². The highest BCUT2D eigenvalue weighted by molar-refractivity contribution is 7.80. The highest BCUT2D eigenvalue weighted by Gasteiger charge is 2.50. The Bertz CT molecular complexity index is 538. The predicted molar refractivity (Wildman–Crippen MR) is 82.4 cm³/mol. The topological polar surface area (TPSA) is 55.1 Å². The summed E-state index contributed by atoms with van der Waals surface area (Å²) in [4.78, 5) is 12.7. The molecular formula is C14H17ClN2OS. The van der Waals surface area contributed by atoms with Crippen molar-refractivity contribution in [3.8, 4) is 0 Å². The fourth-order valence-corrected chi connectivity index (χ4v) is 3.12. The predicted octanol–water partition coefficient (Wildman–Crippen LogP) is 3.29. The third kappa shape index (κ3) is 2.60. The number of halogens is 1. The molecule has 0 aromatic heterocycles. The molecule has 1 fully saturated rings. The van der Waals surface area contributed by atoms with Gasteiger partial charge in [-0.25, -0.2) is 0 Å². The fraction of sp³-hybridized carbons (Fsp3) is 0.429. The van der Waals surface area contributed by atoms with Crippen LogP contribution in [0.5, 0.6) is 0 Å². The number of anilines is 1. The second-order valence-corrected chi connectivity index (χ2v) is 6.25. The van der Waals surface area contributed by atoms with Crippen molar-refractivity contribution in [1.29, 1.82) is 0 Å². The lowest BCUT2D eigenvalue weighted by atomic mass is 9.62. The maximum Gasteiger partial charge on any atom is 0.237 e. The molecule has 3 N–H and O–H groups in total. The number of nitrogens with two attached hydrogens (primary N) is 1. The Balaban J connectivity index is 2.19. The van der Waals surface area contributed by atoms with Gasteiger partial charge < -0.3 is 11.1 Å². The van der Waals surface area contributed by atoms with E-state index < -0.39 is 5.41 Å². The van der Waals surface area contributed by atoms with Gasteiger partial charge in [0.25, 0.3) is 0 Å². The smallest absolute Gasteiger partial charge is 0.237 e. The van der Waals surface area contributed by atoms with E-state index in [9.17, 15) is 4.79 Å². The van der Waals surface area contributed by atoms with E-state index in [-0.39, 0.29) is 10.9 Å². The van der Waals surface area contributed by atoms with E-state index in [1.54, 1.807) is 12.1 Å². The number of aryl methyl sites for hydroxylation is 1. The van der Waals surface area contributed by atoms with Crippen LogP contribution in [0.1, 0.15) is 25.3 Å². The molecule has 0 spiro atoms. The lowest BCUT2D eigenvalue weighted by molar-refractivity contribution is -0.127. The first kappa shape index (κ1) is 14.3. The van der Waals surface area contributed by atoms with Crippen molar-refractivity contribution in [3.63, 3.8) is 0 Å². The van der Waals surface area contributed by atoms with Gasteiger partial charge in [0.15, 0.2) is 0 Å². The number of rotatable bonds is 3. The van der Waals surface area contributed by atoms with Crippen LogP contribution in [-0.4, -0.2) is 10.9 Å². The molecule has 1 saturated carbocycles. The largest absolute Gasteiger partial charge is 0.392 e. The van der Waals surface area contributed by atoms with Gasteiger partial charge in [-0.05, 0) is 49.4 Å². The van der Waals surface area contributed by atoms with E-state index in [1.165, 1.54) is 0 Å². The maximum atomic E-state index is 12.4. The van der Waals surface area contributed by atoms with E-state index in [0.29, 0.717) is 10.9 Å². The summed E-state index contributed by atoms with van der Waals surface area (Å²) in [5, 5.41) is 3.57. The molecule has 5 heteroatoms. The molecule has 0 aliphatic heterocycles. The zero-order valence-corrected chi connectivity index (χ0v) is 12.6. The van der Waals surface area contributed by atoms with Crippen molar-refractivity contribution in [2.24, 2.45) is 17.1 Å². The zero-order valence-electron chi connectivity index (χ0n) is 11.0. The van der Waals surface area contributed by atoms with Gasteiger partial charge in [-0.1, -0.05) is 30.7 Å². The van der Waals surface area contributed by atoms with Crippen LogP contribution in [0, 0.1) is 18.3 Å². The van der Waals surface area contributed by atoms with E-state index >= 15 is 0 Å². The summed E-state index contributed by atoms with van der Waals surface area (Å²) >= 11 is 11.0. The van der Waals surface area contributed by atoms with Gasteiger partial charge in [0.05, 0.1) is 10.4 Å². The third-order valence-electron chi connectivity index (χ3n) is 3.74. The van der Waals surface area contributed by atoms with Crippen molar-refractivity contribution in [2.45, 2.75) is 26.7 Å². The van der Waals surface area contributed by atoms with Crippen LogP contribution in [0.3, 0.4) is 0 Å². The lowest BCUT2D eigenvalue weighted by Gasteiger charge is -2.44. The Morgan fingerprint density at radius 3 is 2.63 bits per heavy atom. The SMILES string of the molecule is Cc1cc(Cl)ccc1NC(=O)C1(C(N)=S)CC(C)C1. The highest BCUT2D eigenvalue weighted by atomic mass is 35.5. The van der Waals surface area contributed by atoms with Gasteiger partial charge in [-0.15, -0.1) is 0 Å². The Kier molecular flexibility index (Phi) is 3.83. The first-order valence-electron chi connectivity index (χ1n) is 6.22. The van der Waals surface area contributed by atoms with Gasteiger partial charge in [0, 0.05) is 10.7 Å². The Morgan fingerprint density at radius 2 is 2.16 bits per heavy atom. The van der Waals surface area contributed by atoms with Crippen LogP contribution >= 0.6 is 23.8 Å². The van der Waals surface area contributed by atoms with Gasteiger partial charge in [-0.3, -0.25) is 4.79 Å². The number of carbonyl (C=O) groups is 1. The first-order chi connectivity index (χ1) is 8.85. The molecule has 0 saturated heterocycles. The maximum absolute atomic E-state index is 12.4. The van der Waals surface area contributed by atoms with Gasteiger partial charge in [-0.2, -0.15) is 0 Å². The standard InChI is InChI=1S/C14H17ClN2OS/c1-8-6-14(7-8,12(16)19)13(18)17-11-4-3-10(15)5-9(11)2/h3-5,8H,6-7H2,1-2H3,(H2,16,19)(H,17,18). The molecule has 0 atom stereocenters. The number of thiocarbonyl (C=S) groups is 1. The molecule has 1 amide bonds. The normalized spacial score (nSPS) is 25.5.